The Hall–Kier alpha value is -5.28. The van der Waals surface area contributed by atoms with E-state index in [1.807, 2.05) is 45.4 Å². The summed E-state index contributed by atoms with van der Waals surface area (Å²) in [6.07, 6.45) is 5.80. The second kappa shape index (κ2) is 20.1. The fraction of sp³-hybridized carbons (Fsp3) is 0.417. The Labute approximate surface area is 433 Å². The largest absolute Gasteiger partial charge is 1.00 e. The van der Waals surface area contributed by atoms with Gasteiger partial charge in [0.25, 0.3) is 0 Å². The van der Waals surface area contributed by atoms with Crippen LogP contribution in [0.2, 0.25) is 0 Å². The number of aromatic nitrogens is 8. The molecule has 2 aliphatic heterocycles. The summed E-state index contributed by atoms with van der Waals surface area (Å²) >= 11 is 0. The maximum absolute atomic E-state index is 12.4. The Kier molecular flexibility index (Phi) is 14.5. The summed E-state index contributed by atoms with van der Waals surface area (Å²) in [5.74, 6) is -0.660. The molecular weight excluding hydrogens is 876 g/mol. The first kappa shape index (κ1) is 48.2. The van der Waals surface area contributed by atoms with Crippen LogP contribution in [0.3, 0.4) is 0 Å². The molecule has 4 aromatic heterocycles. The molecule has 0 spiro atoms. The van der Waals surface area contributed by atoms with E-state index in [1.54, 1.807) is 33.1 Å². The second-order valence-corrected chi connectivity index (χ2v) is 18.4. The Morgan fingerprint density at radius 1 is 0.716 bits per heavy atom. The van der Waals surface area contributed by atoms with E-state index in [0.29, 0.717) is 47.6 Å². The number of anilines is 6. The van der Waals surface area contributed by atoms with Gasteiger partial charge in [0.15, 0.2) is 5.69 Å². The van der Waals surface area contributed by atoms with Crippen LogP contribution in [0.25, 0.3) is 22.8 Å². The topological polar surface area (TPSA) is 193 Å². The molecule has 344 valence electrons. The summed E-state index contributed by atoms with van der Waals surface area (Å²) in [4.78, 5) is 50.7. The number of likely N-dealkylation sites (N-methyl/N-ethyl adjacent to an activating group) is 2. The third-order valence-electron chi connectivity index (χ3n) is 13.2. The van der Waals surface area contributed by atoms with Crippen molar-refractivity contribution >= 4 is 46.6 Å². The van der Waals surface area contributed by atoms with Crippen LogP contribution in [0.5, 0.6) is 0 Å². The third-order valence-corrected chi connectivity index (χ3v) is 13.2. The molecule has 6 heterocycles. The molecule has 6 aromatic rings. The fourth-order valence-corrected chi connectivity index (χ4v) is 9.59. The smallest absolute Gasteiger partial charge is 0.543 e. The minimum atomic E-state index is -1.27. The van der Waals surface area contributed by atoms with Gasteiger partial charge >= 0.3 is 57.4 Å². The number of aromatic carboxylic acids is 1. The number of carboxylic acid groups (broad SMARTS) is 1. The number of fused-ring (bicyclic) bond motifs is 6. The minimum Gasteiger partial charge on any atom is -0.543 e. The number of carbonyl (C=O) groups is 2. The van der Waals surface area contributed by atoms with Gasteiger partial charge in [0.2, 0.25) is 11.9 Å². The number of carbonyl (C=O) groups excluding carboxylic acids is 2. The first-order valence-corrected chi connectivity index (χ1v) is 22.9. The maximum Gasteiger partial charge on any atom is 1.00 e. The fourth-order valence-electron chi connectivity index (χ4n) is 9.59. The Balaban J connectivity index is 0.000000179. The summed E-state index contributed by atoms with van der Waals surface area (Å²) in [5, 5.41) is 27.0. The minimum absolute atomic E-state index is 0. The summed E-state index contributed by atoms with van der Waals surface area (Å²) in [7, 11) is 8.06. The van der Waals surface area contributed by atoms with Crippen LogP contribution in [-0.2, 0) is 43.5 Å². The van der Waals surface area contributed by atoms with Crippen LogP contribution in [0.15, 0.2) is 60.9 Å². The van der Waals surface area contributed by atoms with Crippen LogP contribution in [0.4, 0.5) is 34.6 Å². The predicted octanol–water partition coefficient (Wildman–Crippen LogP) is -1.61. The monoisotopic (exact) mass is 934 g/mol. The molecule has 67 heavy (non-hydrogen) atoms. The van der Waals surface area contributed by atoms with E-state index in [0.717, 1.165) is 105 Å². The van der Waals surface area contributed by atoms with Gasteiger partial charge in [-0.3, -0.25) is 9.36 Å². The van der Waals surface area contributed by atoms with Crippen molar-refractivity contribution in [2.45, 2.75) is 45.4 Å². The number of carboxylic acids is 1. The normalized spacial score (nSPS) is 16.3. The van der Waals surface area contributed by atoms with Gasteiger partial charge in [0, 0.05) is 60.4 Å². The number of hydrogen-bond acceptors (Lipinski definition) is 14. The van der Waals surface area contributed by atoms with Gasteiger partial charge in [-0.1, -0.05) is 13.8 Å². The number of aryl methyl sites for hydroxylation is 3. The van der Waals surface area contributed by atoms with Gasteiger partial charge in [-0.05, 0) is 91.3 Å². The first-order chi connectivity index (χ1) is 31.8. The zero-order valence-corrected chi connectivity index (χ0v) is 43.0. The molecule has 4 aliphatic rings. The predicted molar refractivity (Wildman–Crippen MR) is 250 cm³/mol. The molecular formula is C48H59KN14O4+2. The summed E-state index contributed by atoms with van der Waals surface area (Å²) in [6.45, 7) is 15.0. The molecule has 0 radical (unpaired) electrons. The average Bonchev–Trinajstić information content (AvgIpc) is 3.86. The maximum atomic E-state index is 12.4. The van der Waals surface area contributed by atoms with Gasteiger partial charge in [0.1, 0.15) is 5.69 Å². The number of nitrogens with one attached hydrogen (secondary N) is 4. The molecule has 4 N–H and O–H groups in total. The molecule has 0 saturated carbocycles. The van der Waals surface area contributed by atoms with E-state index < -0.39 is 11.4 Å². The first-order valence-electron chi connectivity index (χ1n) is 22.9. The van der Waals surface area contributed by atoms with E-state index >= 15 is 0 Å². The third kappa shape index (κ3) is 10.1. The number of piperazine rings is 2. The molecule has 0 amide bonds. The molecule has 10 rings (SSSR count). The molecule has 0 atom stereocenters. The average molecular weight is 935 g/mol. The van der Waals surface area contributed by atoms with Crippen LogP contribution in [0, 0.1) is 0 Å². The molecule has 2 aliphatic carbocycles. The van der Waals surface area contributed by atoms with Crippen molar-refractivity contribution in [2.24, 2.45) is 14.1 Å². The Bertz CT molecular complexity index is 2760. The summed E-state index contributed by atoms with van der Waals surface area (Å²) in [5.41, 5.74) is 10.9. The van der Waals surface area contributed by atoms with Crippen molar-refractivity contribution in [1.29, 1.82) is 0 Å². The Morgan fingerprint density at radius 2 is 1.19 bits per heavy atom. The van der Waals surface area contributed by atoms with E-state index in [1.165, 1.54) is 11.4 Å². The van der Waals surface area contributed by atoms with E-state index in [9.17, 15) is 14.7 Å². The number of nitrogens with zero attached hydrogens (tertiary/aromatic N) is 10. The van der Waals surface area contributed by atoms with Gasteiger partial charge in [-0.2, -0.15) is 10.2 Å². The van der Waals surface area contributed by atoms with Crippen LogP contribution in [0.1, 0.15) is 64.0 Å². The summed E-state index contributed by atoms with van der Waals surface area (Å²) < 4.78 is 8.50. The molecule has 2 aromatic carbocycles. The van der Waals surface area contributed by atoms with Crippen LogP contribution >= 0.6 is 0 Å². The van der Waals surface area contributed by atoms with Crippen molar-refractivity contribution in [2.75, 3.05) is 93.5 Å². The zero-order chi connectivity index (χ0) is 46.3. The van der Waals surface area contributed by atoms with Gasteiger partial charge in [0.05, 0.1) is 102 Å². The number of benzene rings is 2. The number of ether oxygens (including phenoxy) is 1. The van der Waals surface area contributed by atoms with Gasteiger partial charge in [-0.25, -0.2) is 24.7 Å². The number of quaternary nitrogens is 2. The SMILES string of the molecule is CCOC(=O)c1nn(C)c2c1CCc1cnc(Nc3ccc(N4CC[NH+](C)CC4)cc3)nc1-2.Cn1nc(C(=O)[O-])c2c1-c1nc(Nc3ccc(N4CC[NH+](C)CC4)cc3)ncc1CC2(C)C.[K+]. The van der Waals surface area contributed by atoms with Crippen molar-refractivity contribution < 1.29 is 80.6 Å². The molecule has 0 bridgehead atoms. The standard InChI is InChI=1S/2C24H29N7O2.K/c1-24(2)13-15-14-25-23(27-19(15)21-18(24)20(22(32)33)28-30(21)4)26-16-5-7-17(8-6-16)31-11-9-29(3)10-12-31;1-4-33-23(32)21-19-10-5-16-15-25-24(27-20(16)22(19)30(3)28-21)26-17-6-8-18(9-7-17)31-13-11-29(2)12-14-31;/h5-8,14H,9-13H2,1-4H3,(H,32,33)(H,25,26,27);6-9,15H,4-5,10-14H2,1-3H3,(H,25,26,27);/q;;+1/p+1. The van der Waals surface area contributed by atoms with Crippen molar-refractivity contribution in [1.82, 2.24) is 39.5 Å². The van der Waals surface area contributed by atoms with Gasteiger partial charge < -0.3 is 44.9 Å². The molecule has 18 nitrogen and oxygen atoms in total. The Morgan fingerprint density at radius 3 is 1.70 bits per heavy atom. The zero-order valence-electron chi connectivity index (χ0n) is 39.9. The number of esters is 1. The quantitative estimate of drug-likeness (QED) is 0.0957. The summed E-state index contributed by atoms with van der Waals surface area (Å²) in [6, 6.07) is 16.7. The van der Waals surface area contributed by atoms with E-state index in [-0.39, 0.29) is 63.0 Å². The van der Waals surface area contributed by atoms with E-state index in [2.05, 4.69) is 91.1 Å². The van der Waals surface area contributed by atoms with Crippen LogP contribution in [-0.4, -0.2) is 124 Å². The molecule has 0 unspecified atom stereocenters. The van der Waals surface area contributed by atoms with E-state index in [4.69, 9.17) is 14.7 Å². The van der Waals surface area contributed by atoms with Crippen molar-refractivity contribution in [3.8, 4) is 22.8 Å². The number of rotatable bonds is 9. The second-order valence-electron chi connectivity index (χ2n) is 18.4. The molecule has 2 saturated heterocycles. The van der Waals surface area contributed by atoms with Crippen molar-refractivity contribution in [3.63, 3.8) is 0 Å². The molecule has 2 fully saturated rings. The number of hydrogen-bond donors (Lipinski definition) is 4. The molecule has 19 heteroatoms. The van der Waals surface area contributed by atoms with Gasteiger partial charge in [-0.15, -0.1) is 0 Å². The van der Waals surface area contributed by atoms with Crippen molar-refractivity contribution in [3.05, 3.63) is 94.6 Å². The van der Waals surface area contributed by atoms with Crippen LogP contribution < -0.4 is 86.7 Å².